The highest BCUT2D eigenvalue weighted by Gasteiger charge is 2.24. The molecule has 0 aromatic heterocycles. The Labute approximate surface area is 131 Å². The zero-order valence-corrected chi connectivity index (χ0v) is 14.6. The minimum Gasteiger partial charge on any atom is -0.493 e. The molecule has 0 saturated carbocycles. The molecule has 0 spiro atoms. The van der Waals surface area contributed by atoms with Crippen molar-refractivity contribution in [2.45, 2.75) is 53.0 Å². The van der Waals surface area contributed by atoms with Crippen LogP contribution in [0.4, 0.5) is 0 Å². The van der Waals surface area contributed by atoms with Crippen molar-refractivity contribution in [2.24, 2.45) is 5.41 Å². The summed E-state index contributed by atoms with van der Waals surface area (Å²) in [6, 6.07) is 4.94. The Morgan fingerprint density at radius 1 is 1.35 bits per heavy atom. The quantitative estimate of drug-likeness (QED) is 0.861. The lowest BCUT2D eigenvalue weighted by molar-refractivity contribution is 0.257. The summed E-state index contributed by atoms with van der Waals surface area (Å²) in [7, 11) is 0. The number of ether oxygens (including phenoxy) is 1. The van der Waals surface area contributed by atoms with Crippen molar-refractivity contribution in [1.29, 1.82) is 0 Å². The summed E-state index contributed by atoms with van der Waals surface area (Å²) in [5.41, 5.74) is 2.98. The third-order valence-corrected chi connectivity index (χ3v) is 4.48. The lowest BCUT2D eigenvalue weighted by atomic mass is 9.83. The lowest BCUT2D eigenvalue weighted by Gasteiger charge is -2.31. The fourth-order valence-electron chi connectivity index (χ4n) is 2.92. The van der Waals surface area contributed by atoms with Gasteiger partial charge in [0.25, 0.3) is 0 Å². The molecule has 0 bridgehead atoms. The van der Waals surface area contributed by atoms with E-state index in [1.807, 2.05) is 0 Å². The van der Waals surface area contributed by atoms with Crippen LogP contribution in [0.1, 0.15) is 45.2 Å². The van der Waals surface area contributed by atoms with E-state index in [4.69, 9.17) is 4.74 Å². The summed E-state index contributed by atoms with van der Waals surface area (Å²) in [5, 5.41) is 3.62. The molecule has 2 rings (SSSR count). The van der Waals surface area contributed by atoms with Crippen molar-refractivity contribution >= 4 is 15.9 Å². The van der Waals surface area contributed by atoms with Gasteiger partial charge >= 0.3 is 0 Å². The molecule has 0 fully saturated rings. The molecule has 20 heavy (non-hydrogen) atoms. The van der Waals surface area contributed by atoms with Gasteiger partial charge in [0.05, 0.1) is 6.61 Å². The van der Waals surface area contributed by atoms with Crippen molar-refractivity contribution in [3.63, 3.8) is 0 Å². The second-order valence-corrected chi connectivity index (χ2v) is 7.58. The minimum atomic E-state index is 0.284. The van der Waals surface area contributed by atoms with Crippen LogP contribution in [0.3, 0.4) is 0 Å². The normalized spacial score (nSPS) is 15.8. The number of aryl methyl sites for hydroxylation is 1. The molecule has 1 aromatic rings. The number of benzene rings is 1. The molecule has 1 unspecified atom stereocenters. The molecule has 0 aliphatic carbocycles. The largest absolute Gasteiger partial charge is 0.493 e. The van der Waals surface area contributed by atoms with Crippen molar-refractivity contribution in [3.8, 4) is 5.75 Å². The molecular formula is C17H26BrNO. The van der Waals surface area contributed by atoms with E-state index < -0.39 is 0 Å². The van der Waals surface area contributed by atoms with Gasteiger partial charge in [0.2, 0.25) is 0 Å². The van der Waals surface area contributed by atoms with E-state index in [0.717, 1.165) is 38.2 Å². The predicted molar refractivity (Wildman–Crippen MR) is 88.6 cm³/mol. The van der Waals surface area contributed by atoms with E-state index in [2.05, 4.69) is 61.1 Å². The van der Waals surface area contributed by atoms with Gasteiger partial charge < -0.3 is 10.1 Å². The number of hydrogen-bond donors (Lipinski definition) is 1. The molecule has 1 N–H and O–H groups in total. The fourth-order valence-corrected chi connectivity index (χ4v) is 3.47. The van der Waals surface area contributed by atoms with Gasteiger partial charge in [0, 0.05) is 16.9 Å². The predicted octanol–water partition coefficient (Wildman–Crippen LogP) is 4.34. The molecule has 1 atom stereocenters. The average Bonchev–Trinajstić information content (AvgIpc) is 2.80. The van der Waals surface area contributed by atoms with Crippen molar-refractivity contribution in [3.05, 3.63) is 27.7 Å². The van der Waals surface area contributed by atoms with Crippen molar-refractivity contribution in [2.75, 3.05) is 13.2 Å². The van der Waals surface area contributed by atoms with Gasteiger partial charge in [0.15, 0.2) is 0 Å². The first-order chi connectivity index (χ1) is 9.41. The number of halogens is 1. The van der Waals surface area contributed by atoms with E-state index in [-0.39, 0.29) is 5.41 Å². The number of rotatable bonds is 5. The average molecular weight is 340 g/mol. The van der Waals surface area contributed by atoms with Crippen LogP contribution in [0.5, 0.6) is 5.75 Å². The Morgan fingerprint density at radius 2 is 2.10 bits per heavy atom. The van der Waals surface area contributed by atoms with Crippen LogP contribution < -0.4 is 10.1 Å². The van der Waals surface area contributed by atoms with Gasteiger partial charge in [-0.25, -0.2) is 0 Å². The monoisotopic (exact) mass is 339 g/mol. The molecule has 1 aromatic carbocycles. The topological polar surface area (TPSA) is 21.3 Å². The maximum absolute atomic E-state index is 5.82. The van der Waals surface area contributed by atoms with Gasteiger partial charge in [-0.15, -0.1) is 0 Å². The van der Waals surface area contributed by atoms with E-state index in [0.29, 0.717) is 6.04 Å². The Balaban J connectivity index is 2.10. The Bertz CT molecular complexity index is 465. The van der Waals surface area contributed by atoms with E-state index in [9.17, 15) is 0 Å². The molecule has 0 saturated heterocycles. The minimum absolute atomic E-state index is 0.284. The molecule has 0 amide bonds. The van der Waals surface area contributed by atoms with Gasteiger partial charge in [0.1, 0.15) is 5.75 Å². The Morgan fingerprint density at radius 3 is 2.75 bits per heavy atom. The number of nitrogens with one attached hydrogen (secondary N) is 1. The first kappa shape index (κ1) is 15.8. The first-order valence-corrected chi connectivity index (χ1v) is 8.38. The molecule has 1 aliphatic rings. The van der Waals surface area contributed by atoms with Gasteiger partial charge in [-0.1, -0.05) is 43.6 Å². The molecule has 0 radical (unpaired) electrons. The Kier molecular flexibility index (Phi) is 5.14. The summed E-state index contributed by atoms with van der Waals surface area (Å²) in [6.07, 6.45) is 3.25. The van der Waals surface area contributed by atoms with Crippen LogP contribution in [0.25, 0.3) is 0 Å². The molecule has 1 aliphatic heterocycles. The highest BCUT2D eigenvalue weighted by atomic mass is 79.9. The molecule has 3 heteroatoms. The molecule has 112 valence electrons. The van der Waals surface area contributed by atoms with Crippen LogP contribution in [-0.2, 0) is 12.8 Å². The second-order valence-electron chi connectivity index (χ2n) is 6.67. The smallest absolute Gasteiger partial charge is 0.125 e. The van der Waals surface area contributed by atoms with Crippen molar-refractivity contribution < 1.29 is 4.74 Å². The highest BCUT2D eigenvalue weighted by Crippen LogP contribution is 2.34. The maximum Gasteiger partial charge on any atom is 0.125 e. The third-order valence-electron chi connectivity index (χ3n) is 4.02. The third kappa shape index (κ3) is 3.76. The first-order valence-electron chi connectivity index (χ1n) is 7.59. The summed E-state index contributed by atoms with van der Waals surface area (Å²) in [5.74, 6) is 1.14. The van der Waals surface area contributed by atoms with Gasteiger partial charge in [-0.05, 0) is 48.1 Å². The van der Waals surface area contributed by atoms with Crippen LogP contribution in [-0.4, -0.2) is 19.2 Å². The van der Waals surface area contributed by atoms with Crippen LogP contribution in [0, 0.1) is 5.41 Å². The number of hydrogen-bond acceptors (Lipinski definition) is 2. The molecule has 1 heterocycles. The van der Waals surface area contributed by atoms with Gasteiger partial charge in [-0.2, -0.15) is 0 Å². The zero-order valence-electron chi connectivity index (χ0n) is 13.1. The molecular weight excluding hydrogens is 314 g/mol. The van der Waals surface area contributed by atoms with E-state index in [1.54, 1.807) is 0 Å². The van der Waals surface area contributed by atoms with Crippen LogP contribution in [0.2, 0.25) is 0 Å². The van der Waals surface area contributed by atoms with Gasteiger partial charge in [-0.3, -0.25) is 0 Å². The summed E-state index contributed by atoms with van der Waals surface area (Å²) >= 11 is 3.62. The Hall–Kier alpha value is -0.540. The summed E-state index contributed by atoms with van der Waals surface area (Å²) < 4.78 is 6.99. The molecule has 2 nitrogen and oxygen atoms in total. The maximum atomic E-state index is 5.82. The highest BCUT2D eigenvalue weighted by molar-refractivity contribution is 9.10. The van der Waals surface area contributed by atoms with E-state index in [1.165, 1.54) is 15.6 Å². The standard InChI is InChI=1S/C17H26BrNO/c1-5-19-15(17(2,3)4)7-6-12-10-14(18)11-13-8-9-20-16(12)13/h10-11,15,19H,5-9H2,1-4H3. The SMILES string of the molecule is CCNC(CCc1cc(Br)cc2c1OCC2)C(C)(C)C. The van der Waals surface area contributed by atoms with Crippen LogP contribution in [0.15, 0.2) is 16.6 Å². The van der Waals surface area contributed by atoms with E-state index >= 15 is 0 Å². The second kappa shape index (κ2) is 6.48. The van der Waals surface area contributed by atoms with Crippen molar-refractivity contribution in [1.82, 2.24) is 5.32 Å². The number of fused-ring (bicyclic) bond motifs is 1. The van der Waals surface area contributed by atoms with Crippen LogP contribution >= 0.6 is 15.9 Å². The summed E-state index contributed by atoms with van der Waals surface area (Å²) in [4.78, 5) is 0. The zero-order chi connectivity index (χ0) is 14.8. The summed E-state index contributed by atoms with van der Waals surface area (Å²) in [6.45, 7) is 11.0. The lowest BCUT2D eigenvalue weighted by Crippen LogP contribution is -2.40. The fraction of sp³-hybridized carbons (Fsp3) is 0.647.